The number of anilines is 1. The summed E-state index contributed by atoms with van der Waals surface area (Å²) >= 11 is 3.47. The molecular weight excluding hydrogens is 470 g/mol. The molecule has 1 heterocycles. The van der Waals surface area contributed by atoms with E-state index < -0.39 is 0 Å². The van der Waals surface area contributed by atoms with Crippen molar-refractivity contribution in [3.05, 3.63) is 106 Å². The normalized spacial score (nSPS) is 10.6. The fourth-order valence-electron chi connectivity index (χ4n) is 3.15. The Labute approximate surface area is 194 Å². The van der Waals surface area contributed by atoms with Crippen molar-refractivity contribution >= 4 is 27.5 Å². The van der Waals surface area contributed by atoms with E-state index in [1.54, 1.807) is 36.3 Å². The molecule has 1 N–H and O–H groups in total. The van der Waals surface area contributed by atoms with Crippen molar-refractivity contribution in [3.8, 4) is 11.5 Å². The number of ether oxygens (including phenoxy) is 2. The molecule has 6 nitrogen and oxygen atoms in total. The maximum Gasteiger partial charge on any atom is 0.255 e. The van der Waals surface area contributed by atoms with E-state index in [0.717, 1.165) is 27.1 Å². The molecule has 0 aliphatic rings. The molecule has 0 spiro atoms. The van der Waals surface area contributed by atoms with Gasteiger partial charge in [0.15, 0.2) is 0 Å². The molecule has 0 saturated heterocycles. The van der Waals surface area contributed by atoms with Crippen LogP contribution in [0.5, 0.6) is 11.5 Å². The van der Waals surface area contributed by atoms with Gasteiger partial charge < -0.3 is 14.8 Å². The summed E-state index contributed by atoms with van der Waals surface area (Å²) in [5, 5.41) is 7.22. The second-order valence-electron chi connectivity index (χ2n) is 7.15. The number of para-hydroxylation sites is 1. The number of nitrogens with zero attached hydrogens (tertiary/aromatic N) is 2. The van der Waals surface area contributed by atoms with Gasteiger partial charge in [0.05, 0.1) is 30.0 Å². The van der Waals surface area contributed by atoms with Gasteiger partial charge in [-0.2, -0.15) is 5.10 Å². The van der Waals surface area contributed by atoms with E-state index in [4.69, 9.17) is 9.47 Å². The predicted molar refractivity (Wildman–Crippen MR) is 127 cm³/mol. The average molecular weight is 492 g/mol. The first-order valence-corrected chi connectivity index (χ1v) is 10.8. The minimum atomic E-state index is -0.191. The van der Waals surface area contributed by atoms with Gasteiger partial charge in [0.1, 0.15) is 18.1 Å². The van der Waals surface area contributed by atoms with Gasteiger partial charge in [-0.1, -0.05) is 36.4 Å². The maximum atomic E-state index is 12.6. The number of aromatic nitrogens is 2. The van der Waals surface area contributed by atoms with Gasteiger partial charge in [0, 0.05) is 11.8 Å². The van der Waals surface area contributed by atoms with Crippen LogP contribution in [-0.2, 0) is 13.2 Å². The molecule has 7 heteroatoms. The molecule has 1 aromatic heterocycles. The van der Waals surface area contributed by atoms with E-state index in [9.17, 15) is 4.79 Å². The van der Waals surface area contributed by atoms with Crippen LogP contribution in [-0.4, -0.2) is 22.8 Å². The van der Waals surface area contributed by atoms with E-state index in [0.29, 0.717) is 24.4 Å². The summed E-state index contributed by atoms with van der Waals surface area (Å²) in [5.74, 6) is 1.39. The molecule has 0 fully saturated rings. The van der Waals surface area contributed by atoms with Crippen molar-refractivity contribution in [2.45, 2.75) is 13.2 Å². The number of hydrogen-bond donors (Lipinski definition) is 1. The topological polar surface area (TPSA) is 65.4 Å². The third-order valence-corrected chi connectivity index (χ3v) is 5.47. The molecule has 4 rings (SSSR count). The molecule has 0 bridgehead atoms. The Morgan fingerprint density at radius 1 is 1.03 bits per heavy atom. The van der Waals surface area contributed by atoms with Crippen LogP contribution in [0.1, 0.15) is 21.5 Å². The highest BCUT2D eigenvalue weighted by atomic mass is 79.9. The average Bonchev–Trinajstić information content (AvgIpc) is 3.25. The van der Waals surface area contributed by atoms with Crippen molar-refractivity contribution in [1.82, 2.24) is 9.78 Å². The first kappa shape index (κ1) is 21.6. The van der Waals surface area contributed by atoms with Crippen LogP contribution in [0.25, 0.3) is 0 Å². The number of benzene rings is 3. The fourth-order valence-corrected chi connectivity index (χ4v) is 3.55. The van der Waals surface area contributed by atoms with Crippen molar-refractivity contribution < 1.29 is 14.3 Å². The highest BCUT2D eigenvalue weighted by molar-refractivity contribution is 9.10. The van der Waals surface area contributed by atoms with Crippen molar-refractivity contribution in [2.24, 2.45) is 0 Å². The van der Waals surface area contributed by atoms with E-state index >= 15 is 0 Å². The van der Waals surface area contributed by atoms with Crippen LogP contribution in [0.3, 0.4) is 0 Å². The Hall–Kier alpha value is -3.58. The largest absolute Gasteiger partial charge is 0.497 e. The second-order valence-corrected chi connectivity index (χ2v) is 8.00. The van der Waals surface area contributed by atoms with Crippen LogP contribution in [0.4, 0.5) is 5.69 Å². The molecule has 0 aliphatic carbocycles. The lowest BCUT2D eigenvalue weighted by Crippen LogP contribution is -2.11. The lowest BCUT2D eigenvalue weighted by atomic mass is 10.1. The second kappa shape index (κ2) is 10.2. The maximum absolute atomic E-state index is 12.6. The Kier molecular flexibility index (Phi) is 6.87. The molecule has 0 radical (unpaired) electrons. The zero-order valence-corrected chi connectivity index (χ0v) is 19.1. The third kappa shape index (κ3) is 5.56. The molecule has 0 saturated carbocycles. The summed E-state index contributed by atoms with van der Waals surface area (Å²) in [5.41, 5.74) is 3.24. The van der Waals surface area contributed by atoms with E-state index in [-0.39, 0.29) is 5.91 Å². The Bertz CT molecular complexity index is 1210. The van der Waals surface area contributed by atoms with E-state index in [1.807, 2.05) is 60.7 Å². The van der Waals surface area contributed by atoms with Gasteiger partial charge in [-0.15, -0.1) is 0 Å². The van der Waals surface area contributed by atoms with Gasteiger partial charge >= 0.3 is 0 Å². The van der Waals surface area contributed by atoms with Gasteiger partial charge in [0.2, 0.25) is 0 Å². The number of nitrogens with one attached hydrogen (secondary N) is 1. The van der Waals surface area contributed by atoms with Crippen LogP contribution in [0.2, 0.25) is 0 Å². The fraction of sp³-hybridized carbons (Fsp3) is 0.120. The molecule has 0 aliphatic heterocycles. The van der Waals surface area contributed by atoms with Gasteiger partial charge in [-0.25, -0.2) is 0 Å². The van der Waals surface area contributed by atoms with Crippen molar-refractivity contribution in [2.75, 3.05) is 12.4 Å². The molecule has 1 amide bonds. The number of carbonyl (C=O) groups excluding carboxylic acids is 1. The van der Waals surface area contributed by atoms with Crippen LogP contribution < -0.4 is 14.8 Å². The first-order valence-electron chi connectivity index (χ1n) is 10.0. The highest BCUT2D eigenvalue weighted by Gasteiger charge is 2.09. The minimum absolute atomic E-state index is 0.191. The number of carbonyl (C=O) groups is 1. The van der Waals surface area contributed by atoms with Gasteiger partial charge in [-0.05, 0) is 63.5 Å². The molecule has 0 atom stereocenters. The summed E-state index contributed by atoms with van der Waals surface area (Å²) in [6, 6.07) is 22.8. The summed E-state index contributed by atoms with van der Waals surface area (Å²) in [6.07, 6.45) is 3.44. The van der Waals surface area contributed by atoms with Crippen LogP contribution in [0, 0.1) is 0 Å². The number of methoxy groups -OCH3 is 1. The standard InChI is InChI=1S/C25H22BrN3O3/c1-31-22-6-4-5-19(13-22)15-29-16-21(14-27-29)28-25(30)20-11-9-18(10-12-20)17-32-24-8-3-2-7-23(24)26/h2-14,16H,15,17H2,1H3,(H,28,30). The molecule has 4 aromatic rings. The molecule has 32 heavy (non-hydrogen) atoms. The van der Waals surface area contributed by atoms with Gasteiger partial charge in [-0.3, -0.25) is 9.48 Å². The predicted octanol–water partition coefficient (Wildman–Crippen LogP) is 5.53. The minimum Gasteiger partial charge on any atom is -0.497 e. The number of halogens is 1. The monoisotopic (exact) mass is 491 g/mol. The van der Waals surface area contributed by atoms with E-state index in [2.05, 4.69) is 26.3 Å². The summed E-state index contributed by atoms with van der Waals surface area (Å²) < 4.78 is 13.7. The Morgan fingerprint density at radius 2 is 1.84 bits per heavy atom. The summed E-state index contributed by atoms with van der Waals surface area (Å²) in [7, 11) is 1.64. The highest BCUT2D eigenvalue weighted by Crippen LogP contribution is 2.24. The van der Waals surface area contributed by atoms with Crippen LogP contribution >= 0.6 is 15.9 Å². The molecular formula is C25H22BrN3O3. The molecule has 0 unspecified atom stereocenters. The Morgan fingerprint density at radius 3 is 2.62 bits per heavy atom. The number of hydrogen-bond acceptors (Lipinski definition) is 4. The Balaban J connectivity index is 1.33. The summed E-state index contributed by atoms with van der Waals surface area (Å²) in [4.78, 5) is 12.6. The van der Waals surface area contributed by atoms with Crippen LogP contribution in [0.15, 0.2) is 89.7 Å². The zero-order chi connectivity index (χ0) is 22.3. The number of amides is 1. The lowest BCUT2D eigenvalue weighted by molar-refractivity contribution is 0.102. The van der Waals surface area contributed by atoms with Crippen molar-refractivity contribution in [3.63, 3.8) is 0 Å². The van der Waals surface area contributed by atoms with Gasteiger partial charge in [0.25, 0.3) is 5.91 Å². The quantitative estimate of drug-likeness (QED) is 0.351. The number of rotatable bonds is 8. The van der Waals surface area contributed by atoms with E-state index in [1.165, 1.54) is 0 Å². The molecule has 3 aromatic carbocycles. The summed E-state index contributed by atoms with van der Waals surface area (Å²) in [6.45, 7) is 1.00. The van der Waals surface area contributed by atoms with Crippen molar-refractivity contribution in [1.29, 1.82) is 0 Å². The first-order chi connectivity index (χ1) is 15.6. The SMILES string of the molecule is COc1cccc(Cn2cc(NC(=O)c3ccc(COc4ccccc4Br)cc3)cn2)c1. The lowest BCUT2D eigenvalue weighted by Gasteiger charge is -2.09. The third-order valence-electron chi connectivity index (χ3n) is 4.82. The smallest absolute Gasteiger partial charge is 0.255 e. The zero-order valence-electron chi connectivity index (χ0n) is 17.5. The molecule has 162 valence electrons.